The molecule has 1 fully saturated rings. The Hall–Kier alpha value is -1.26. The second-order valence-corrected chi connectivity index (χ2v) is 5.17. The Morgan fingerprint density at radius 1 is 1.42 bits per heavy atom. The molecule has 4 heteroatoms. The van der Waals surface area contributed by atoms with Gasteiger partial charge in [-0.1, -0.05) is 12.1 Å². The van der Waals surface area contributed by atoms with Gasteiger partial charge in [-0.2, -0.15) is 0 Å². The monoisotopic (exact) mass is 265 g/mol. The number of rotatable bonds is 6. The molecular formula is C15H20FNO2. The zero-order valence-electron chi connectivity index (χ0n) is 11.3. The van der Waals surface area contributed by atoms with Crippen LogP contribution < -0.4 is 0 Å². The number of hydrogen-bond acceptors (Lipinski definition) is 3. The molecule has 0 bridgehead atoms. The molecule has 0 spiro atoms. The van der Waals surface area contributed by atoms with E-state index >= 15 is 0 Å². The van der Waals surface area contributed by atoms with Gasteiger partial charge in [-0.15, -0.1) is 0 Å². The van der Waals surface area contributed by atoms with E-state index in [-0.39, 0.29) is 17.7 Å². The summed E-state index contributed by atoms with van der Waals surface area (Å²) in [6.07, 6.45) is 2.82. The third-order valence-corrected chi connectivity index (χ3v) is 3.30. The second kappa shape index (κ2) is 6.78. The molecule has 3 nitrogen and oxygen atoms in total. The maximum Gasteiger partial charge on any atom is 0.151 e. The number of carbonyl (C=O) groups is 1. The minimum absolute atomic E-state index is 0.145. The molecule has 0 aromatic heterocycles. The van der Waals surface area contributed by atoms with Crippen LogP contribution in [0.25, 0.3) is 0 Å². The Morgan fingerprint density at radius 3 is 2.79 bits per heavy atom. The number of Topliss-reactive ketones (excluding diaryl/α,β-unsaturated/α-hetero) is 1. The van der Waals surface area contributed by atoms with Crippen LogP contribution in [0.3, 0.4) is 0 Å². The average molecular weight is 265 g/mol. The molecule has 1 aliphatic heterocycles. The molecule has 1 aliphatic rings. The summed E-state index contributed by atoms with van der Waals surface area (Å²) in [4.78, 5) is 13.9. The average Bonchev–Trinajstić information content (AvgIpc) is 2.84. The summed E-state index contributed by atoms with van der Waals surface area (Å²) in [7, 11) is 1.93. The van der Waals surface area contributed by atoms with Crippen LogP contribution in [-0.2, 0) is 16.0 Å². The van der Waals surface area contributed by atoms with E-state index in [4.69, 9.17) is 4.74 Å². The van der Waals surface area contributed by atoms with Crippen LogP contribution in [0.15, 0.2) is 24.3 Å². The maximum atomic E-state index is 12.8. The summed E-state index contributed by atoms with van der Waals surface area (Å²) in [5.74, 6) is -0.126. The molecule has 104 valence electrons. The molecule has 0 N–H and O–H groups in total. The van der Waals surface area contributed by atoms with Gasteiger partial charge in [-0.05, 0) is 37.6 Å². The molecule has 0 aliphatic carbocycles. The predicted molar refractivity (Wildman–Crippen MR) is 71.6 cm³/mol. The van der Waals surface area contributed by atoms with Crippen molar-refractivity contribution < 1.29 is 13.9 Å². The number of nitrogens with zero attached hydrogens (tertiary/aromatic N) is 1. The van der Waals surface area contributed by atoms with E-state index in [0.29, 0.717) is 13.0 Å². The zero-order valence-corrected chi connectivity index (χ0v) is 11.3. The fourth-order valence-electron chi connectivity index (χ4n) is 2.39. The first-order valence-corrected chi connectivity index (χ1v) is 6.70. The van der Waals surface area contributed by atoms with Gasteiger partial charge in [0.05, 0.1) is 12.6 Å². The van der Waals surface area contributed by atoms with E-state index in [2.05, 4.69) is 0 Å². The van der Waals surface area contributed by atoms with Crippen LogP contribution in [-0.4, -0.2) is 43.5 Å². The number of likely N-dealkylation sites (N-methyl/N-ethyl adjacent to an activating group) is 1. The van der Waals surface area contributed by atoms with Crippen LogP contribution in [0.4, 0.5) is 4.39 Å². The Labute approximate surface area is 113 Å². The molecular weight excluding hydrogens is 245 g/mol. The van der Waals surface area contributed by atoms with Gasteiger partial charge in [0.1, 0.15) is 5.82 Å². The van der Waals surface area contributed by atoms with Crippen LogP contribution in [0.2, 0.25) is 0 Å². The molecule has 0 radical (unpaired) electrons. The number of carbonyl (C=O) groups excluding carboxylic acids is 1. The highest BCUT2D eigenvalue weighted by Crippen LogP contribution is 2.12. The van der Waals surface area contributed by atoms with E-state index in [1.807, 2.05) is 11.9 Å². The first-order chi connectivity index (χ1) is 9.13. The summed E-state index contributed by atoms with van der Waals surface area (Å²) < 4.78 is 18.3. The van der Waals surface area contributed by atoms with Crippen molar-refractivity contribution in [2.75, 3.05) is 26.7 Å². The lowest BCUT2D eigenvalue weighted by Gasteiger charge is -2.19. The molecule has 0 saturated carbocycles. The maximum absolute atomic E-state index is 12.8. The minimum atomic E-state index is -0.272. The van der Waals surface area contributed by atoms with Gasteiger partial charge in [0, 0.05) is 19.6 Å². The smallest absolute Gasteiger partial charge is 0.151 e. The lowest BCUT2D eigenvalue weighted by molar-refractivity contribution is -0.119. The fourth-order valence-corrected chi connectivity index (χ4v) is 2.39. The van der Waals surface area contributed by atoms with Gasteiger partial charge in [-0.3, -0.25) is 9.69 Å². The Balaban J connectivity index is 1.75. The van der Waals surface area contributed by atoms with Gasteiger partial charge in [0.25, 0.3) is 0 Å². The summed E-state index contributed by atoms with van der Waals surface area (Å²) in [6.45, 7) is 2.05. The lowest BCUT2D eigenvalue weighted by atomic mass is 10.1. The number of ether oxygens (including phenoxy) is 1. The normalized spacial score (nSPS) is 19.0. The van der Waals surface area contributed by atoms with Crippen LogP contribution in [0.1, 0.15) is 18.4 Å². The summed E-state index contributed by atoms with van der Waals surface area (Å²) in [6, 6.07) is 6.10. The number of benzene rings is 1. The standard InChI is InChI=1S/C15H20FNO2/c1-17(11-15-3-2-8-19-15)10-14(18)9-12-4-6-13(16)7-5-12/h4-7,15H,2-3,8-11H2,1H3. The van der Waals surface area contributed by atoms with Crippen molar-refractivity contribution in [1.29, 1.82) is 0 Å². The summed E-state index contributed by atoms with van der Waals surface area (Å²) in [5.41, 5.74) is 0.858. The first kappa shape index (κ1) is 14.2. The molecule has 0 amide bonds. The highest BCUT2D eigenvalue weighted by Gasteiger charge is 2.18. The van der Waals surface area contributed by atoms with Crippen LogP contribution in [0, 0.1) is 5.82 Å². The van der Waals surface area contributed by atoms with Crippen molar-refractivity contribution in [3.63, 3.8) is 0 Å². The van der Waals surface area contributed by atoms with E-state index in [1.165, 1.54) is 12.1 Å². The molecule has 19 heavy (non-hydrogen) atoms. The van der Waals surface area contributed by atoms with Crippen molar-refractivity contribution in [1.82, 2.24) is 4.90 Å². The highest BCUT2D eigenvalue weighted by atomic mass is 19.1. The van der Waals surface area contributed by atoms with Gasteiger partial charge in [-0.25, -0.2) is 4.39 Å². The third-order valence-electron chi connectivity index (χ3n) is 3.30. The number of hydrogen-bond donors (Lipinski definition) is 0. The summed E-state index contributed by atoms with van der Waals surface area (Å²) >= 11 is 0. The van der Waals surface area contributed by atoms with Crippen molar-refractivity contribution >= 4 is 5.78 Å². The van der Waals surface area contributed by atoms with E-state index in [1.54, 1.807) is 12.1 Å². The predicted octanol–water partition coefficient (Wildman–Crippen LogP) is 2.05. The lowest BCUT2D eigenvalue weighted by Crippen LogP contribution is -2.33. The molecule has 1 atom stereocenters. The largest absolute Gasteiger partial charge is 0.377 e. The quantitative estimate of drug-likeness (QED) is 0.788. The molecule has 1 aromatic carbocycles. The van der Waals surface area contributed by atoms with E-state index < -0.39 is 0 Å². The Bertz CT molecular complexity index is 413. The molecule has 2 rings (SSSR count). The van der Waals surface area contributed by atoms with Gasteiger partial charge in [0.2, 0.25) is 0 Å². The van der Waals surface area contributed by atoms with Gasteiger partial charge in [0.15, 0.2) is 5.78 Å². The van der Waals surface area contributed by atoms with Crippen molar-refractivity contribution in [2.24, 2.45) is 0 Å². The van der Waals surface area contributed by atoms with Gasteiger partial charge >= 0.3 is 0 Å². The molecule has 1 heterocycles. The topological polar surface area (TPSA) is 29.5 Å². The van der Waals surface area contributed by atoms with Crippen molar-refractivity contribution in [3.8, 4) is 0 Å². The summed E-state index contributed by atoms with van der Waals surface area (Å²) in [5, 5.41) is 0. The number of halogens is 1. The highest BCUT2D eigenvalue weighted by molar-refractivity contribution is 5.82. The van der Waals surface area contributed by atoms with E-state index in [9.17, 15) is 9.18 Å². The fraction of sp³-hybridized carbons (Fsp3) is 0.533. The van der Waals surface area contributed by atoms with E-state index in [0.717, 1.165) is 31.6 Å². The van der Waals surface area contributed by atoms with Crippen molar-refractivity contribution in [3.05, 3.63) is 35.6 Å². The van der Waals surface area contributed by atoms with Gasteiger partial charge < -0.3 is 4.74 Å². The minimum Gasteiger partial charge on any atom is -0.377 e. The SMILES string of the molecule is CN(CC(=O)Cc1ccc(F)cc1)CC1CCCO1. The first-order valence-electron chi connectivity index (χ1n) is 6.70. The van der Waals surface area contributed by atoms with Crippen LogP contribution in [0.5, 0.6) is 0 Å². The Morgan fingerprint density at radius 2 is 2.16 bits per heavy atom. The van der Waals surface area contributed by atoms with Crippen LogP contribution >= 0.6 is 0 Å². The Kier molecular flexibility index (Phi) is 5.05. The molecule has 1 saturated heterocycles. The molecule has 1 aromatic rings. The third kappa shape index (κ3) is 4.73. The zero-order chi connectivity index (χ0) is 13.7. The molecule has 1 unspecified atom stereocenters. The number of ketones is 1. The second-order valence-electron chi connectivity index (χ2n) is 5.17. The van der Waals surface area contributed by atoms with Crippen molar-refractivity contribution in [2.45, 2.75) is 25.4 Å².